The minimum atomic E-state index is 0.0107. The Kier molecular flexibility index (Phi) is 6.01. The number of hydrogen-bond donors (Lipinski definition) is 0. The van der Waals surface area contributed by atoms with Crippen molar-refractivity contribution in [1.82, 2.24) is 0 Å². The van der Waals surface area contributed by atoms with E-state index in [1.54, 1.807) is 0 Å². The van der Waals surface area contributed by atoms with E-state index in [2.05, 4.69) is 27.7 Å². The van der Waals surface area contributed by atoms with Gasteiger partial charge in [-0.25, -0.2) is 0 Å². The quantitative estimate of drug-likeness (QED) is 0.674. The maximum absolute atomic E-state index is 11.7. The minimum absolute atomic E-state index is 0.0107. The Bertz CT molecular complexity index is 235. The average molecular weight is 240 g/mol. The number of ether oxygens (including phenoxy) is 1. The third-order valence-corrected chi connectivity index (χ3v) is 3.98. The van der Waals surface area contributed by atoms with Gasteiger partial charge in [0.15, 0.2) is 0 Å². The van der Waals surface area contributed by atoms with Crippen LogP contribution in [0.3, 0.4) is 0 Å². The number of hydrogen-bond acceptors (Lipinski definition) is 2. The zero-order chi connectivity index (χ0) is 12.8. The summed E-state index contributed by atoms with van der Waals surface area (Å²) in [7, 11) is 0. The molecule has 0 aromatic rings. The molecule has 1 saturated carbocycles. The normalized spacial score (nSPS) is 29.4. The molecule has 0 radical (unpaired) electrons. The second kappa shape index (κ2) is 7.03. The van der Waals surface area contributed by atoms with E-state index in [4.69, 9.17) is 4.74 Å². The molecule has 0 aromatic carbocycles. The summed E-state index contributed by atoms with van der Waals surface area (Å²) >= 11 is 0. The molecular formula is C15H28O2. The number of unbranched alkanes of at least 4 members (excludes halogenated alkanes) is 1. The Balaban J connectivity index is 2.48. The molecule has 0 spiro atoms. The number of carbonyl (C=O) groups excluding carboxylic acids is 1. The first-order valence-electron chi connectivity index (χ1n) is 7.24. The van der Waals surface area contributed by atoms with E-state index < -0.39 is 0 Å². The first kappa shape index (κ1) is 14.5. The van der Waals surface area contributed by atoms with Crippen molar-refractivity contribution < 1.29 is 9.53 Å². The van der Waals surface area contributed by atoms with Crippen LogP contribution in [0.4, 0.5) is 0 Å². The molecule has 3 atom stereocenters. The summed E-state index contributed by atoms with van der Waals surface area (Å²) in [6, 6.07) is 0. The van der Waals surface area contributed by atoms with Crippen LogP contribution in [0.15, 0.2) is 0 Å². The molecule has 0 amide bonds. The van der Waals surface area contributed by atoms with Crippen molar-refractivity contribution in [3.05, 3.63) is 0 Å². The van der Waals surface area contributed by atoms with Crippen molar-refractivity contribution in [1.29, 1.82) is 0 Å². The Morgan fingerprint density at radius 2 is 2.06 bits per heavy atom. The molecule has 1 fully saturated rings. The highest BCUT2D eigenvalue weighted by molar-refractivity contribution is 5.69. The van der Waals surface area contributed by atoms with Gasteiger partial charge in [-0.1, -0.05) is 40.5 Å². The van der Waals surface area contributed by atoms with Gasteiger partial charge in [0.1, 0.15) is 6.10 Å². The predicted octanol–water partition coefficient (Wildman–Crippen LogP) is 4.18. The maximum atomic E-state index is 11.7. The lowest BCUT2D eigenvalue weighted by Crippen LogP contribution is -2.35. The van der Waals surface area contributed by atoms with Crippen molar-refractivity contribution in [2.75, 3.05) is 0 Å². The number of esters is 1. The van der Waals surface area contributed by atoms with Crippen LogP contribution in [-0.2, 0) is 9.53 Å². The summed E-state index contributed by atoms with van der Waals surface area (Å²) in [4.78, 5) is 11.7. The highest BCUT2D eigenvalue weighted by Gasteiger charge is 2.33. The summed E-state index contributed by atoms with van der Waals surface area (Å²) in [6.45, 7) is 8.86. The largest absolute Gasteiger partial charge is 0.462 e. The van der Waals surface area contributed by atoms with E-state index >= 15 is 0 Å². The monoisotopic (exact) mass is 240 g/mol. The van der Waals surface area contributed by atoms with Crippen molar-refractivity contribution in [2.45, 2.75) is 72.3 Å². The minimum Gasteiger partial charge on any atom is -0.462 e. The van der Waals surface area contributed by atoms with Gasteiger partial charge in [-0.3, -0.25) is 4.79 Å². The third-order valence-electron chi connectivity index (χ3n) is 3.98. The molecule has 0 aliphatic heterocycles. The van der Waals surface area contributed by atoms with Gasteiger partial charge in [0, 0.05) is 6.42 Å². The maximum Gasteiger partial charge on any atom is 0.306 e. The lowest BCUT2D eigenvalue weighted by atomic mass is 9.75. The summed E-state index contributed by atoms with van der Waals surface area (Å²) in [5.41, 5.74) is 0. The Morgan fingerprint density at radius 3 is 2.65 bits per heavy atom. The molecule has 0 N–H and O–H groups in total. The van der Waals surface area contributed by atoms with Crippen molar-refractivity contribution in [2.24, 2.45) is 17.8 Å². The van der Waals surface area contributed by atoms with E-state index in [1.165, 1.54) is 12.8 Å². The molecule has 2 nitrogen and oxygen atoms in total. The molecule has 100 valence electrons. The molecule has 0 bridgehead atoms. The van der Waals surface area contributed by atoms with E-state index in [0.29, 0.717) is 24.2 Å². The Hall–Kier alpha value is -0.530. The zero-order valence-corrected chi connectivity index (χ0v) is 11.9. The lowest BCUT2D eigenvalue weighted by Gasteiger charge is -2.36. The Morgan fingerprint density at radius 1 is 1.35 bits per heavy atom. The second-order valence-electron chi connectivity index (χ2n) is 5.96. The molecule has 0 heterocycles. The zero-order valence-electron chi connectivity index (χ0n) is 11.9. The summed E-state index contributed by atoms with van der Waals surface area (Å²) in [5.74, 6) is 1.90. The van der Waals surface area contributed by atoms with E-state index in [9.17, 15) is 4.79 Å². The molecule has 1 aliphatic carbocycles. The van der Waals surface area contributed by atoms with E-state index in [0.717, 1.165) is 19.3 Å². The third kappa shape index (κ3) is 4.69. The van der Waals surface area contributed by atoms with Gasteiger partial charge in [-0.2, -0.15) is 0 Å². The highest BCUT2D eigenvalue weighted by Crippen LogP contribution is 2.35. The van der Waals surface area contributed by atoms with Gasteiger partial charge in [-0.15, -0.1) is 0 Å². The SMILES string of the molecule is CCCCC(=O)OC1CC(C)CCC1C(C)C. The molecular weight excluding hydrogens is 212 g/mol. The number of rotatable bonds is 5. The van der Waals surface area contributed by atoms with Crippen LogP contribution in [-0.4, -0.2) is 12.1 Å². The highest BCUT2D eigenvalue weighted by atomic mass is 16.5. The predicted molar refractivity (Wildman–Crippen MR) is 70.7 cm³/mol. The van der Waals surface area contributed by atoms with Crippen molar-refractivity contribution in [3.63, 3.8) is 0 Å². The van der Waals surface area contributed by atoms with E-state index in [-0.39, 0.29) is 12.1 Å². The fourth-order valence-electron chi connectivity index (χ4n) is 2.80. The van der Waals surface area contributed by atoms with Crippen LogP contribution in [0, 0.1) is 17.8 Å². The van der Waals surface area contributed by atoms with Gasteiger partial charge in [0.25, 0.3) is 0 Å². The molecule has 0 aromatic heterocycles. The van der Waals surface area contributed by atoms with Crippen LogP contribution in [0.1, 0.15) is 66.2 Å². The Labute approximate surface area is 106 Å². The van der Waals surface area contributed by atoms with Gasteiger partial charge in [0.2, 0.25) is 0 Å². The molecule has 2 heteroatoms. The van der Waals surface area contributed by atoms with Crippen LogP contribution in [0.25, 0.3) is 0 Å². The van der Waals surface area contributed by atoms with Gasteiger partial charge in [0.05, 0.1) is 0 Å². The number of carbonyl (C=O) groups is 1. The van der Waals surface area contributed by atoms with Crippen LogP contribution in [0.5, 0.6) is 0 Å². The smallest absolute Gasteiger partial charge is 0.306 e. The first-order valence-corrected chi connectivity index (χ1v) is 7.24. The summed E-state index contributed by atoms with van der Waals surface area (Å²) < 4.78 is 5.70. The van der Waals surface area contributed by atoms with Crippen molar-refractivity contribution >= 4 is 5.97 Å². The van der Waals surface area contributed by atoms with Crippen molar-refractivity contribution in [3.8, 4) is 0 Å². The molecule has 3 unspecified atom stereocenters. The van der Waals surface area contributed by atoms with E-state index in [1.807, 2.05) is 0 Å². The van der Waals surface area contributed by atoms with Crippen LogP contribution in [0.2, 0.25) is 0 Å². The fraction of sp³-hybridized carbons (Fsp3) is 0.933. The molecule has 0 saturated heterocycles. The first-order chi connectivity index (χ1) is 8.04. The van der Waals surface area contributed by atoms with Gasteiger partial charge < -0.3 is 4.74 Å². The summed E-state index contributed by atoms with van der Waals surface area (Å²) in [5, 5.41) is 0. The second-order valence-corrected chi connectivity index (χ2v) is 5.96. The average Bonchev–Trinajstić information content (AvgIpc) is 2.26. The fourth-order valence-corrected chi connectivity index (χ4v) is 2.80. The molecule has 1 aliphatic rings. The van der Waals surface area contributed by atoms with Crippen LogP contribution < -0.4 is 0 Å². The lowest BCUT2D eigenvalue weighted by molar-refractivity contribution is -0.156. The van der Waals surface area contributed by atoms with Gasteiger partial charge in [-0.05, 0) is 37.0 Å². The molecule has 17 heavy (non-hydrogen) atoms. The van der Waals surface area contributed by atoms with Gasteiger partial charge >= 0.3 is 5.97 Å². The summed E-state index contributed by atoms with van der Waals surface area (Å²) in [6.07, 6.45) is 6.32. The molecule has 1 rings (SSSR count). The topological polar surface area (TPSA) is 26.3 Å². The standard InChI is InChI=1S/C15H28O2/c1-5-6-7-15(16)17-14-10-12(4)8-9-13(14)11(2)3/h11-14H,5-10H2,1-4H3. The van der Waals surface area contributed by atoms with Crippen LogP contribution >= 0.6 is 0 Å².